The highest BCUT2D eigenvalue weighted by Gasteiger charge is 2.28. The van der Waals surface area contributed by atoms with E-state index in [1.165, 1.54) is 11.1 Å². The van der Waals surface area contributed by atoms with E-state index in [0.29, 0.717) is 0 Å². The third kappa shape index (κ3) is 3.48. The summed E-state index contributed by atoms with van der Waals surface area (Å²) in [7, 11) is 0. The fourth-order valence-corrected chi connectivity index (χ4v) is 2.15. The van der Waals surface area contributed by atoms with E-state index in [9.17, 15) is 5.11 Å². The van der Waals surface area contributed by atoms with Crippen molar-refractivity contribution in [1.29, 1.82) is 0 Å². The minimum Gasteiger partial charge on any atom is -0.389 e. The van der Waals surface area contributed by atoms with Gasteiger partial charge in [-0.15, -0.1) is 12.4 Å². The Morgan fingerprint density at radius 1 is 1.19 bits per heavy atom. The second-order valence-electron chi connectivity index (χ2n) is 4.64. The zero-order valence-electron chi connectivity index (χ0n) is 9.70. The maximum absolute atomic E-state index is 10.4. The SMILES string of the molecule is Cc1ccc(CC2(O)CCNCC2)cc1.Cl. The molecule has 0 atom stereocenters. The summed E-state index contributed by atoms with van der Waals surface area (Å²) in [6.45, 7) is 3.95. The number of piperidine rings is 1. The van der Waals surface area contributed by atoms with Crippen LogP contribution in [0, 0.1) is 6.92 Å². The highest BCUT2D eigenvalue weighted by molar-refractivity contribution is 5.85. The Morgan fingerprint density at radius 3 is 2.31 bits per heavy atom. The third-order valence-corrected chi connectivity index (χ3v) is 3.19. The Hall–Kier alpha value is -0.570. The maximum Gasteiger partial charge on any atom is 0.0712 e. The van der Waals surface area contributed by atoms with Gasteiger partial charge < -0.3 is 10.4 Å². The van der Waals surface area contributed by atoms with Crippen LogP contribution in [-0.4, -0.2) is 23.8 Å². The fourth-order valence-electron chi connectivity index (χ4n) is 2.15. The second kappa shape index (κ2) is 5.67. The number of benzene rings is 1. The third-order valence-electron chi connectivity index (χ3n) is 3.19. The number of halogens is 1. The van der Waals surface area contributed by atoms with Gasteiger partial charge >= 0.3 is 0 Å². The monoisotopic (exact) mass is 241 g/mol. The lowest BCUT2D eigenvalue weighted by atomic mass is 9.86. The van der Waals surface area contributed by atoms with Gasteiger partial charge in [-0.2, -0.15) is 0 Å². The first kappa shape index (κ1) is 13.5. The molecule has 1 aromatic rings. The number of nitrogens with one attached hydrogen (secondary N) is 1. The summed E-state index contributed by atoms with van der Waals surface area (Å²) in [6.07, 6.45) is 2.51. The van der Waals surface area contributed by atoms with Gasteiger partial charge in [0.15, 0.2) is 0 Å². The number of aryl methyl sites for hydroxylation is 1. The van der Waals surface area contributed by atoms with Gasteiger partial charge in [-0.05, 0) is 38.4 Å². The lowest BCUT2D eigenvalue weighted by molar-refractivity contribution is 0.0109. The minimum absolute atomic E-state index is 0. The molecule has 0 amide bonds. The minimum atomic E-state index is -0.486. The lowest BCUT2D eigenvalue weighted by Gasteiger charge is -2.32. The van der Waals surface area contributed by atoms with Crippen molar-refractivity contribution in [2.24, 2.45) is 0 Å². The molecule has 90 valence electrons. The van der Waals surface area contributed by atoms with E-state index < -0.39 is 5.60 Å². The molecule has 2 nitrogen and oxygen atoms in total. The summed E-state index contributed by atoms with van der Waals surface area (Å²) < 4.78 is 0. The van der Waals surface area contributed by atoms with Crippen LogP contribution in [0.25, 0.3) is 0 Å². The topological polar surface area (TPSA) is 32.3 Å². The molecule has 0 spiro atoms. The van der Waals surface area contributed by atoms with Crippen molar-refractivity contribution < 1.29 is 5.11 Å². The van der Waals surface area contributed by atoms with Crippen LogP contribution < -0.4 is 5.32 Å². The van der Waals surface area contributed by atoms with Crippen LogP contribution in [0.1, 0.15) is 24.0 Å². The molecule has 0 saturated carbocycles. The lowest BCUT2D eigenvalue weighted by Crippen LogP contribution is -2.43. The van der Waals surface area contributed by atoms with Gasteiger partial charge in [0, 0.05) is 6.42 Å². The first-order valence-corrected chi connectivity index (χ1v) is 5.67. The predicted molar refractivity (Wildman–Crippen MR) is 69.2 cm³/mol. The molecule has 16 heavy (non-hydrogen) atoms. The van der Waals surface area contributed by atoms with Crippen molar-refractivity contribution in [3.05, 3.63) is 35.4 Å². The zero-order valence-corrected chi connectivity index (χ0v) is 10.5. The van der Waals surface area contributed by atoms with Crippen LogP contribution in [0.3, 0.4) is 0 Å². The summed E-state index contributed by atoms with van der Waals surface area (Å²) >= 11 is 0. The summed E-state index contributed by atoms with van der Waals surface area (Å²) in [4.78, 5) is 0. The fraction of sp³-hybridized carbons (Fsp3) is 0.538. The number of rotatable bonds is 2. The average molecular weight is 242 g/mol. The van der Waals surface area contributed by atoms with Crippen molar-refractivity contribution in [2.45, 2.75) is 31.8 Å². The Labute approximate surface area is 103 Å². The van der Waals surface area contributed by atoms with Gasteiger partial charge in [0.05, 0.1) is 5.60 Å². The molecule has 1 heterocycles. The molecule has 1 fully saturated rings. The molecule has 0 unspecified atom stereocenters. The molecule has 2 rings (SSSR count). The molecule has 1 aromatic carbocycles. The van der Waals surface area contributed by atoms with Crippen LogP contribution in [0.15, 0.2) is 24.3 Å². The molecule has 0 aliphatic carbocycles. The largest absolute Gasteiger partial charge is 0.389 e. The molecule has 0 radical (unpaired) electrons. The highest BCUT2D eigenvalue weighted by Crippen LogP contribution is 2.23. The van der Waals surface area contributed by atoms with Crippen molar-refractivity contribution in [2.75, 3.05) is 13.1 Å². The van der Waals surface area contributed by atoms with Crippen LogP contribution in [0.2, 0.25) is 0 Å². The summed E-state index contributed by atoms with van der Waals surface area (Å²) in [5, 5.41) is 13.6. The number of hydrogen-bond acceptors (Lipinski definition) is 2. The van der Waals surface area contributed by atoms with Gasteiger partial charge in [-0.3, -0.25) is 0 Å². The van der Waals surface area contributed by atoms with Gasteiger partial charge in [0.2, 0.25) is 0 Å². The summed E-state index contributed by atoms with van der Waals surface area (Å²) in [5.41, 5.74) is 2.03. The zero-order chi connectivity index (χ0) is 10.7. The van der Waals surface area contributed by atoms with Crippen molar-refractivity contribution in [3.63, 3.8) is 0 Å². The van der Waals surface area contributed by atoms with Crippen LogP contribution in [-0.2, 0) is 6.42 Å². The van der Waals surface area contributed by atoms with Gasteiger partial charge in [-0.25, -0.2) is 0 Å². The molecular formula is C13H20ClNO. The van der Waals surface area contributed by atoms with E-state index in [1.807, 2.05) is 0 Å². The van der Waals surface area contributed by atoms with E-state index in [4.69, 9.17) is 0 Å². The summed E-state index contributed by atoms with van der Waals surface area (Å²) in [5.74, 6) is 0. The van der Waals surface area contributed by atoms with Crippen LogP contribution >= 0.6 is 12.4 Å². The van der Waals surface area contributed by atoms with Gasteiger partial charge in [0.25, 0.3) is 0 Å². The average Bonchev–Trinajstić information content (AvgIpc) is 2.22. The van der Waals surface area contributed by atoms with E-state index in [2.05, 4.69) is 36.5 Å². The Bertz CT molecular complexity index is 317. The van der Waals surface area contributed by atoms with Gasteiger partial charge in [0.1, 0.15) is 0 Å². The number of aliphatic hydroxyl groups is 1. The van der Waals surface area contributed by atoms with Crippen molar-refractivity contribution >= 4 is 12.4 Å². The van der Waals surface area contributed by atoms with E-state index in [1.54, 1.807) is 0 Å². The van der Waals surface area contributed by atoms with E-state index >= 15 is 0 Å². The first-order valence-electron chi connectivity index (χ1n) is 5.67. The summed E-state index contributed by atoms with van der Waals surface area (Å²) in [6, 6.07) is 8.46. The van der Waals surface area contributed by atoms with E-state index in [0.717, 1.165) is 32.4 Å². The normalized spacial score (nSPS) is 18.9. The second-order valence-corrected chi connectivity index (χ2v) is 4.64. The van der Waals surface area contributed by atoms with Crippen molar-refractivity contribution in [3.8, 4) is 0 Å². The smallest absolute Gasteiger partial charge is 0.0712 e. The number of hydrogen-bond donors (Lipinski definition) is 2. The molecular weight excluding hydrogens is 222 g/mol. The van der Waals surface area contributed by atoms with Crippen LogP contribution in [0.5, 0.6) is 0 Å². The highest BCUT2D eigenvalue weighted by atomic mass is 35.5. The molecule has 0 bridgehead atoms. The first-order chi connectivity index (χ1) is 7.18. The predicted octanol–water partition coefficient (Wildman–Crippen LogP) is 2.07. The maximum atomic E-state index is 10.4. The van der Waals surface area contributed by atoms with E-state index in [-0.39, 0.29) is 12.4 Å². The quantitative estimate of drug-likeness (QED) is 0.831. The van der Waals surface area contributed by atoms with Gasteiger partial charge in [-0.1, -0.05) is 29.8 Å². The Morgan fingerprint density at radius 2 is 1.75 bits per heavy atom. The standard InChI is InChI=1S/C13H19NO.ClH/c1-11-2-4-12(5-3-11)10-13(15)6-8-14-9-7-13;/h2-5,14-15H,6-10H2,1H3;1H. The van der Waals surface area contributed by atoms with Crippen LogP contribution in [0.4, 0.5) is 0 Å². The molecule has 0 aromatic heterocycles. The van der Waals surface area contributed by atoms with Crippen molar-refractivity contribution in [1.82, 2.24) is 5.32 Å². The molecule has 1 saturated heterocycles. The Balaban J connectivity index is 0.00000128. The molecule has 2 N–H and O–H groups in total. The molecule has 1 aliphatic heterocycles. The molecule has 1 aliphatic rings. The molecule has 3 heteroatoms. The Kier molecular flexibility index (Phi) is 4.78.